The van der Waals surface area contributed by atoms with Gasteiger partial charge in [0.1, 0.15) is 10.5 Å². The standard InChI is InChI=1S/C14H21NO2S/c1-10(15-18(16)14(2,3)4)11-5-6-13-12(9-11)7-8-17-13/h5-6,9-10,15H,7-8H2,1-4H3/t10?,18-/m1/s1. The largest absolute Gasteiger partial charge is 0.598 e. The van der Waals surface area contributed by atoms with E-state index in [0.29, 0.717) is 0 Å². The summed E-state index contributed by atoms with van der Waals surface area (Å²) in [6, 6.07) is 6.29. The Bertz CT molecular complexity index is 428. The monoisotopic (exact) mass is 267 g/mol. The lowest BCUT2D eigenvalue weighted by Crippen LogP contribution is -2.40. The second-order valence-corrected chi connectivity index (χ2v) is 7.68. The van der Waals surface area contributed by atoms with E-state index in [2.05, 4.69) is 10.8 Å². The summed E-state index contributed by atoms with van der Waals surface area (Å²) in [5.74, 6) is 0.989. The van der Waals surface area contributed by atoms with Gasteiger partial charge in [-0.1, -0.05) is 12.1 Å². The van der Waals surface area contributed by atoms with Gasteiger partial charge in [-0.15, -0.1) is 4.72 Å². The Hall–Kier alpha value is -0.710. The van der Waals surface area contributed by atoms with Crippen LogP contribution in [0, 0.1) is 0 Å². The van der Waals surface area contributed by atoms with Crippen molar-refractivity contribution in [2.24, 2.45) is 0 Å². The third-order valence-corrected chi connectivity index (χ3v) is 4.73. The van der Waals surface area contributed by atoms with Gasteiger partial charge in [0.05, 0.1) is 12.6 Å². The van der Waals surface area contributed by atoms with Gasteiger partial charge in [0.15, 0.2) is 0 Å². The zero-order chi connectivity index (χ0) is 13.3. The van der Waals surface area contributed by atoms with Crippen LogP contribution in [0.5, 0.6) is 5.75 Å². The SMILES string of the molecule is CC(N[S@+]([O-])C(C)(C)C)c1ccc2c(c1)CCO2. The molecule has 0 amide bonds. The molecule has 3 nitrogen and oxygen atoms in total. The third-order valence-electron chi connectivity index (χ3n) is 3.05. The zero-order valence-electron chi connectivity index (χ0n) is 11.4. The van der Waals surface area contributed by atoms with Gasteiger partial charge in [-0.05, 0) is 44.9 Å². The summed E-state index contributed by atoms with van der Waals surface area (Å²) >= 11 is -1.05. The van der Waals surface area contributed by atoms with Crippen molar-refractivity contribution in [3.8, 4) is 5.75 Å². The molecule has 0 fully saturated rings. The first kappa shape index (κ1) is 13.7. The van der Waals surface area contributed by atoms with E-state index in [-0.39, 0.29) is 10.8 Å². The first-order chi connectivity index (χ1) is 8.38. The van der Waals surface area contributed by atoms with Crippen molar-refractivity contribution in [3.63, 3.8) is 0 Å². The smallest absolute Gasteiger partial charge is 0.136 e. The van der Waals surface area contributed by atoms with Crippen LogP contribution in [0.3, 0.4) is 0 Å². The maximum absolute atomic E-state index is 12.1. The van der Waals surface area contributed by atoms with E-state index < -0.39 is 11.4 Å². The maximum Gasteiger partial charge on any atom is 0.136 e. The molecule has 4 heteroatoms. The van der Waals surface area contributed by atoms with Crippen LogP contribution in [0.2, 0.25) is 0 Å². The zero-order valence-corrected chi connectivity index (χ0v) is 12.3. The molecule has 1 N–H and O–H groups in total. The first-order valence-electron chi connectivity index (χ1n) is 6.31. The van der Waals surface area contributed by atoms with Gasteiger partial charge >= 0.3 is 0 Å². The van der Waals surface area contributed by atoms with Crippen molar-refractivity contribution >= 4 is 11.4 Å². The second-order valence-electron chi connectivity index (χ2n) is 5.69. The van der Waals surface area contributed by atoms with E-state index in [1.165, 1.54) is 5.56 Å². The van der Waals surface area contributed by atoms with Gasteiger partial charge in [0.2, 0.25) is 0 Å². The Morgan fingerprint density at radius 2 is 2.11 bits per heavy atom. The van der Waals surface area contributed by atoms with E-state index in [9.17, 15) is 4.55 Å². The van der Waals surface area contributed by atoms with E-state index in [1.54, 1.807) is 0 Å². The molecule has 2 atom stereocenters. The van der Waals surface area contributed by atoms with Gasteiger partial charge < -0.3 is 9.29 Å². The molecule has 1 aliphatic rings. The Balaban J connectivity index is 2.07. The summed E-state index contributed by atoms with van der Waals surface area (Å²) in [5.41, 5.74) is 2.42. The number of nitrogens with one attached hydrogen (secondary N) is 1. The molecule has 0 saturated carbocycles. The molecule has 0 aliphatic carbocycles. The molecule has 1 aromatic rings. The molecule has 1 aromatic carbocycles. The molecule has 100 valence electrons. The normalized spacial score (nSPS) is 18.1. The number of rotatable bonds is 3. The van der Waals surface area contributed by atoms with Crippen molar-refractivity contribution in [3.05, 3.63) is 29.3 Å². The minimum Gasteiger partial charge on any atom is -0.598 e. The lowest BCUT2D eigenvalue weighted by Gasteiger charge is -2.26. The van der Waals surface area contributed by atoms with Crippen LogP contribution in [0.4, 0.5) is 0 Å². The minimum atomic E-state index is -1.05. The Morgan fingerprint density at radius 1 is 1.39 bits per heavy atom. The van der Waals surface area contributed by atoms with Crippen LogP contribution >= 0.6 is 0 Å². The quantitative estimate of drug-likeness (QED) is 0.856. The van der Waals surface area contributed by atoms with Crippen molar-refractivity contribution < 1.29 is 9.29 Å². The second kappa shape index (κ2) is 5.11. The highest BCUT2D eigenvalue weighted by molar-refractivity contribution is 7.90. The van der Waals surface area contributed by atoms with Crippen molar-refractivity contribution in [1.29, 1.82) is 0 Å². The van der Waals surface area contributed by atoms with E-state index in [1.807, 2.05) is 39.8 Å². The van der Waals surface area contributed by atoms with E-state index in [4.69, 9.17) is 4.74 Å². The number of ether oxygens (including phenoxy) is 1. The van der Waals surface area contributed by atoms with Crippen LogP contribution in [0.25, 0.3) is 0 Å². The fourth-order valence-corrected chi connectivity index (χ4v) is 2.69. The lowest BCUT2D eigenvalue weighted by molar-refractivity contribution is 0.357. The first-order valence-corrected chi connectivity index (χ1v) is 7.46. The molecule has 1 heterocycles. The van der Waals surface area contributed by atoms with E-state index in [0.717, 1.165) is 24.3 Å². The molecule has 0 aromatic heterocycles. The summed E-state index contributed by atoms with van der Waals surface area (Å²) in [7, 11) is 0. The lowest BCUT2D eigenvalue weighted by atomic mass is 10.0. The van der Waals surface area contributed by atoms with Crippen LogP contribution < -0.4 is 9.46 Å². The van der Waals surface area contributed by atoms with Gasteiger partial charge in [0, 0.05) is 17.8 Å². The maximum atomic E-state index is 12.1. The summed E-state index contributed by atoms with van der Waals surface area (Å²) in [6.45, 7) is 8.73. The molecular weight excluding hydrogens is 246 g/mol. The molecule has 18 heavy (non-hydrogen) atoms. The predicted molar refractivity (Wildman–Crippen MR) is 75.1 cm³/mol. The van der Waals surface area contributed by atoms with Gasteiger partial charge in [0.25, 0.3) is 0 Å². The average Bonchev–Trinajstić information content (AvgIpc) is 2.74. The fraction of sp³-hybridized carbons (Fsp3) is 0.571. The minimum absolute atomic E-state index is 0.0796. The molecule has 1 unspecified atom stereocenters. The van der Waals surface area contributed by atoms with Crippen LogP contribution in [-0.4, -0.2) is 15.9 Å². The molecule has 1 aliphatic heterocycles. The third kappa shape index (κ3) is 2.99. The molecule has 0 radical (unpaired) electrons. The summed E-state index contributed by atoms with van der Waals surface area (Å²) < 4.78 is 20.5. The van der Waals surface area contributed by atoms with Crippen LogP contribution in [0.1, 0.15) is 44.9 Å². The highest BCUT2D eigenvalue weighted by Crippen LogP contribution is 2.28. The molecule has 0 spiro atoms. The molecule has 0 saturated heterocycles. The number of fused-ring (bicyclic) bond motifs is 1. The Kier molecular flexibility index (Phi) is 3.90. The average molecular weight is 267 g/mol. The highest BCUT2D eigenvalue weighted by Gasteiger charge is 2.28. The van der Waals surface area contributed by atoms with Crippen molar-refractivity contribution in [2.75, 3.05) is 6.61 Å². The van der Waals surface area contributed by atoms with Crippen LogP contribution in [-0.2, 0) is 17.8 Å². The van der Waals surface area contributed by atoms with Gasteiger partial charge in [-0.3, -0.25) is 0 Å². The summed E-state index contributed by atoms with van der Waals surface area (Å²) in [4.78, 5) is 0. The molecule has 0 bridgehead atoms. The summed E-state index contributed by atoms with van der Waals surface area (Å²) in [6.07, 6.45) is 0.970. The molecular formula is C14H21NO2S. The van der Waals surface area contributed by atoms with Crippen LogP contribution in [0.15, 0.2) is 18.2 Å². The highest BCUT2D eigenvalue weighted by atomic mass is 32.2. The van der Waals surface area contributed by atoms with Crippen molar-refractivity contribution in [1.82, 2.24) is 4.72 Å². The van der Waals surface area contributed by atoms with Gasteiger partial charge in [-0.2, -0.15) is 0 Å². The van der Waals surface area contributed by atoms with Crippen molar-refractivity contribution in [2.45, 2.75) is 44.9 Å². The number of hydrogen-bond donors (Lipinski definition) is 1. The number of benzene rings is 1. The summed E-state index contributed by atoms with van der Waals surface area (Å²) in [5, 5.41) is 0. The number of hydrogen-bond acceptors (Lipinski definition) is 3. The van der Waals surface area contributed by atoms with E-state index >= 15 is 0 Å². The van der Waals surface area contributed by atoms with Gasteiger partial charge in [-0.25, -0.2) is 0 Å². The fourth-order valence-electron chi connectivity index (χ4n) is 1.88. The predicted octanol–water partition coefficient (Wildman–Crippen LogP) is 2.73. The topological polar surface area (TPSA) is 44.3 Å². The Morgan fingerprint density at radius 3 is 2.78 bits per heavy atom. The Labute approximate surface area is 112 Å². The molecule has 2 rings (SSSR count).